The van der Waals surface area contributed by atoms with Gasteiger partial charge in [0, 0.05) is 0 Å². The highest BCUT2D eigenvalue weighted by molar-refractivity contribution is 8.00. The molecule has 124 valence electrons. The summed E-state index contributed by atoms with van der Waals surface area (Å²) in [6.07, 6.45) is 1.73. The molecule has 0 heterocycles. The van der Waals surface area contributed by atoms with E-state index in [9.17, 15) is 18.0 Å². The van der Waals surface area contributed by atoms with Gasteiger partial charge < -0.3 is 0 Å². The van der Waals surface area contributed by atoms with E-state index in [0.717, 1.165) is 31.0 Å². The van der Waals surface area contributed by atoms with Crippen molar-refractivity contribution in [2.75, 3.05) is 5.75 Å². The molecule has 0 aliphatic carbocycles. The molecule has 0 aliphatic rings. The Morgan fingerprint density at radius 2 is 1.64 bits per heavy atom. The molecule has 0 aromatic heterocycles. The second kappa shape index (κ2) is 9.93. The van der Waals surface area contributed by atoms with Gasteiger partial charge in [-0.05, 0) is 17.7 Å². The normalized spacial score (nSPS) is 13.1. The highest BCUT2D eigenvalue weighted by atomic mass is 32.2. The highest BCUT2D eigenvalue weighted by Crippen LogP contribution is 2.36. The van der Waals surface area contributed by atoms with Gasteiger partial charge in [-0.1, -0.05) is 69.4 Å². The highest BCUT2D eigenvalue weighted by Gasteiger charge is 2.43. The molecule has 1 aromatic carbocycles. The number of hydrogen-bond donors (Lipinski definition) is 0. The second-order valence-corrected chi connectivity index (χ2v) is 6.50. The fraction of sp³-hybridized carbons (Fsp3) is 0.588. The van der Waals surface area contributed by atoms with Crippen molar-refractivity contribution in [1.82, 2.24) is 0 Å². The van der Waals surface area contributed by atoms with Gasteiger partial charge in [0.15, 0.2) is 0 Å². The van der Waals surface area contributed by atoms with E-state index in [-0.39, 0.29) is 0 Å². The van der Waals surface area contributed by atoms with Gasteiger partial charge in [0.1, 0.15) is 0 Å². The Labute approximate surface area is 134 Å². The third-order valence-corrected chi connectivity index (χ3v) is 4.75. The molecule has 0 radical (unpaired) electrons. The molecule has 0 spiro atoms. The Morgan fingerprint density at radius 3 is 2.23 bits per heavy atom. The van der Waals surface area contributed by atoms with Crippen LogP contribution in [0.25, 0.3) is 0 Å². The maximum Gasteiger partial charge on any atom is 0.451 e. The molecular weight excluding hydrogens is 309 g/mol. The van der Waals surface area contributed by atoms with Gasteiger partial charge in [0.25, 0.3) is 5.78 Å². The summed E-state index contributed by atoms with van der Waals surface area (Å²) in [5.74, 6) is -1.08. The summed E-state index contributed by atoms with van der Waals surface area (Å²) in [6.45, 7) is 2.14. The summed E-state index contributed by atoms with van der Waals surface area (Å²) < 4.78 is 38.2. The first-order valence-electron chi connectivity index (χ1n) is 7.74. The van der Waals surface area contributed by atoms with Gasteiger partial charge in [0.05, 0.1) is 5.25 Å². The smallest absolute Gasteiger partial charge is 0.288 e. The van der Waals surface area contributed by atoms with E-state index < -0.39 is 17.2 Å². The van der Waals surface area contributed by atoms with Crippen LogP contribution in [0, 0.1) is 0 Å². The van der Waals surface area contributed by atoms with E-state index in [0.29, 0.717) is 11.3 Å². The molecular formula is C17H23F3OS. The van der Waals surface area contributed by atoms with Gasteiger partial charge in [-0.2, -0.15) is 13.2 Å². The number of unbranched alkanes of at least 4 members (excludes halogenated alkanes) is 5. The predicted molar refractivity (Wildman–Crippen MR) is 86.1 cm³/mol. The molecule has 0 aliphatic heterocycles. The number of hydrogen-bond acceptors (Lipinski definition) is 2. The Balaban J connectivity index is 2.52. The number of halogens is 3. The third-order valence-electron chi connectivity index (χ3n) is 3.40. The maximum absolute atomic E-state index is 12.7. The molecule has 0 N–H and O–H groups in total. The third kappa shape index (κ3) is 6.86. The number of benzene rings is 1. The monoisotopic (exact) mass is 332 g/mol. The van der Waals surface area contributed by atoms with Crippen molar-refractivity contribution in [3.05, 3.63) is 35.9 Å². The molecule has 1 rings (SSSR count). The topological polar surface area (TPSA) is 17.1 Å². The lowest BCUT2D eigenvalue weighted by molar-refractivity contribution is -0.170. The molecule has 0 fully saturated rings. The molecule has 1 aromatic rings. The Kier molecular flexibility index (Phi) is 8.61. The zero-order valence-corrected chi connectivity index (χ0v) is 13.7. The number of thioether (sulfide) groups is 1. The average molecular weight is 332 g/mol. The van der Waals surface area contributed by atoms with Crippen molar-refractivity contribution in [3.8, 4) is 0 Å². The number of ketones is 1. The minimum absolute atomic E-state index is 0.431. The first-order chi connectivity index (χ1) is 10.5. The van der Waals surface area contributed by atoms with Crippen LogP contribution in [0.2, 0.25) is 0 Å². The molecule has 1 unspecified atom stereocenters. The van der Waals surface area contributed by atoms with Gasteiger partial charge in [0.2, 0.25) is 0 Å². The van der Waals surface area contributed by atoms with Crippen LogP contribution in [0.4, 0.5) is 13.2 Å². The predicted octanol–water partition coefficient (Wildman–Crippen LogP) is 5.95. The summed E-state index contributed by atoms with van der Waals surface area (Å²) in [5, 5.41) is -1.14. The largest absolute Gasteiger partial charge is 0.451 e. The van der Waals surface area contributed by atoms with Gasteiger partial charge in [-0.25, -0.2) is 0 Å². The maximum atomic E-state index is 12.7. The van der Waals surface area contributed by atoms with E-state index in [1.54, 1.807) is 30.3 Å². The minimum Gasteiger partial charge on any atom is -0.288 e. The molecule has 1 atom stereocenters. The van der Waals surface area contributed by atoms with Crippen LogP contribution in [-0.2, 0) is 4.79 Å². The minimum atomic E-state index is -4.78. The van der Waals surface area contributed by atoms with E-state index in [2.05, 4.69) is 6.92 Å². The summed E-state index contributed by atoms with van der Waals surface area (Å²) in [7, 11) is 0. The van der Waals surface area contributed by atoms with Crippen LogP contribution in [0.5, 0.6) is 0 Å². The number of carbonyl (C=O) groups is 1. The lowest BCUT2D eigenvalue weighted by Crippen LogP contribution is -2.27. The second-order valence-electron chi connectivity index (χ2n) is 5.29. The molecule has 5 heteroatoms. The summed E-state index contributed by atoms with van der Waals surface area (Å²) >= 11 is 1.10. The number of carbonyl (C=O) groups excluding carboxylic acids is 1. The number of Topliss-reactive ketones (excluding diaryl/α,β-unsaturated/α-hetero) is 1. The SMILES string of the molecule is CCCCCCCCSC(C(=O)C(F)(F)F)c1ccccc1. The van der Waals surface area contributed by atoms with Crippen LogP contribution in [-0.4, -0.2) is 17.7 Å². The van der Waals surface area contributed by atoms with Crippen LogP contribution in [0.15, 0.2) is 30.3 Å². The Hall–Kier alpha value is -0.970. The number of alkyl halides is 3. The zero-order valence-electron chi connectivity index (χ0n) is 12.9. The van der Waals surface area contributed by atoms with Gasteiger partial charge >= 0.3 is 6.18 Å². The summed E-state index contributed by atoms with van der Waals surface area (Å²) in [5.41, 5.74) is 0.431. The summed E-state index contributed by atoms with van der Waals surface area (Å²) in [6, 6.07) is 8.23. The Bertz CT molecular complexity index is 431. The molecule has 0 bridgehead atoms. The summed E-state index contributed by atoms with van der Waals surface area (Å²) in [4.78, 5) is 11.6. The van der Waals surface area contributed by atoms with Gasteiger partial charge in [-0.15, -0.1) is 11.8 Å². The van der Waals surface area contributed by atoms with Crippen molar-refractivity contribution in [1.29, 1.82) is 0 Å². The number of rotatable bonds is 10. The van der Waals surface area contributed by atoms with Crippen LogP contribution in [0.1, 0.15) is 56.3 Å². The Morgan fingerprint density at radius 1 is 1.05 bits per heavy atom. The lowest BCUT2D eigenvalue weighted by Gasteiger charge is -2.17. The molecule has 0 amide bonds. The van der Waals surface area contributed by atoms with Crippen molar-refractivity contribution in [2.45, 2.75) is 56.9 Å². The van der Waals surface area contributed by atoms with E-state index >= 15 is 0 Å². The fourth-order valence-corrected chi connectivity index (χ4v) is 3.42. The van der Waals surface area contributed by atoms with Crippen molar-refractivity contribution >= 4 is 17.5 Å². The standard InChI is InChI=1S/C17H23F3OS/c1-2-3-4-5-6-10-13-22-15(16(21)17(18,19)20)14-11-8-7-9-12-14/h7-9,11-12,15H,2-6,10,13H2,1H3. The van der Waals surface area contributed by atoms with Crippen molar-refractivity contribution in [2.24, 2.45) is 0 Å². The molecule has 22 heavy (non-hydrogen) atoms. The average Bonchev–Trinajstić information content (AvgIpc) is 2.49. The molecule has 0 saturated carbocycles. The van der Waals surface area contributed by atoms with Crippen LogP contribution in [0.3, 0.4) is 0 Å². The van der Waals surface area contributed by atoms with E-state index in [1.807, 2.05) is 0 Å². The fourth-order valence-electron chi connectivity index (χ4n) is 2.18. The van der Waals surface area contributed by atoms with E-state index in [4.69, 9.17) is 0 Å². The van der Waals surface area contributed by atoms with E-state index in [1.165, 1.54) is 19.3 Å². The van der Waals surface area contributed by atoms with Crippen LogP contribution < -0.4 is 0 Å². The lowest BCUT2D eigenvalue weighted by atomic mass is 10.1. The molecule has 1 nitrogen and oxygen atoms in total. The zero-order chi connectivity index (χ0) is 16.4. The molecule has 0 saturated heterocycles. The van der Waals surface area contributed by atoms with Crippen molar-refractivity contribution in [3.63, 3.8) is 0 Å². The van der Waals surface area contributed by atoms with Crippen molar-refractivity contribution < 1.29 is 18.0 Å². The first-order valence-corrected chi connectivity index (χ1v) is 8.79. The van der Waals surface area contributed by atoms with Crippen LogP contribution >= 0.6 is 11.8 Å². The van der Waals surface area contributed by atoms with Gasteiger partial charge in [-0.3, -0.25) is 4.79 Å². The first kappa shape index (κ1) is 19.1. The quantitative estimate of drug-likeness (QED) is 0.492.